The van der Waals surface area contributed by atoms with Crippen LogP contribution in [0.5, 0.6) is 0 Å². The van der Waals surface area contributed by atoms with E-state index in [9.17, 15) is 22.0 Å². The normalized spacial score (nSPS) is 30.9. The van der Waals surface area contributed by atoms with E-state index in [-0.39, 0.29) is 0 Å². The Kier molecular flexibility index (Phi) is 4.34. The lowest BCUT2D eigenvalue weighted by Crippen LogP contribution is -2.36. The number of ether oxygens (including phenoxy) is 1. The van der Waals surface area contributed by atoms with Crippen LogP contribution < -0.4 is 0 Å². The summed E-state index contributed by atoms with van der Waals surface area (Å²) in [6, 6.07) is 0. The summed E-state index contributed by atoms with van der Waals surface area (Å²) in [6.45, 7) is -1.63. The molecule has 1 N–H and O–H groups in total. The van der Waals surface area contributed by atoms with Gasteiger partial charge in [0.2, 0.25) is 0 Å². The molecule has 20 heavy (non-hydrogen) atoms. The molecule has 0 spiro atoms. The predicted molar refractivity (Wildman–Crippen MR) is 65.6 cm³/mol. The Bertz CT molecular complexity index is 476. The number of hydrogen-bond donors (Lipinski definition) is 1. The first-order valence-electron chi connectivity index (χ1n) is 6.72. The van der Waals surface area contributed by atoms with Crippen LogP contribution in [0.2, 0.25) is 0 Å². The number of carbonyl (C=O) groups excluding carboxylic acids is 1. The van der Waals surface area contributed by atoms with Crippen LogP contribution in [0.3, 0.4) is 0 Å². The third-order valence-corrected chi connectivity index (χ3v) is 5.26. The Hall–Kier alpha value is -0.760. The molecule has 3 atom stereocenters. The summed E-state index contributed by atoms with van der Waals surface area (Å²) in [7, 11) is -5.55. The van der Waals surface area contributed by atoms with Gasteiger partial charge in [-0.25, -0.2) is 0 Å². The Balaban J connectivity index is 1.86. The average molecular weight is 312 g/mol. The van der Waals surface area contributed by atoms with Crippen molar-refractivity contribution in [3.8, 4) is 0 Å². The second-order valence-electron chi connectivity index (χ2n) is 5.68. The third-order valence-electron chi connectivity index (χ3n) is 4.38. The molecule has 5 nitrogen and oxygen atoms in total. The zero-order valence-corrected chi connectivity index (χ0v) is 11.7. The highest BCUT2D eigenvalue weighted by Crippen LogP contribution is 2.44. The molecule has 8 heteroatoms. The highest BCUT2D eigenvalue weighted by molar-refractivity contribution is 7.86. The number of rotatable bonds is 4. The summed E-state index contributed by atoms with van der Waals surface area (Å²) < 4.78 is 59.4. The maximum atomic E-state index is 13.0. The van der Waals surface area contributed by atoms with E-state index < -0.39 is 33.9 Å². The van der Waals surface area contributed by atoms with Crippen LogP contribution in [0.15, 0.2) is 0 Å². The molecular formula is C12H18F2O5S. The second-order valence-corrected chi connectivity index (χ2v) is 7.23. The molecule has 0 aromatic heterocycles. The monoisotopic (exact) mass is 312 g/mol. The summed E-state index contributed by atoms with van der Waals surface area (Å²) in [6.07, 6.45) is 5.46. The van der Waals surface area contributed by atoms with E-state index in [0.717, 1.165) is 25.7 Å². The lowest BCUT2D eigenvalue weighted by Gasteiger charge is -2.30. The molecule has 0 saturated heterocycles. The standard InChI is InChI=1S/C12H18F2O5S/c13-12(14,20(16,17)18)7-19-11(15)10-5-4-8-2-1-3-9(8)6-10/h8-10H,1-7H2,(H,16,17,18). The number of esters is 1. The maximum absolute atomic E-state index is 13.0. The lowest BCUT2D eigenvalue weighted by molar-refractivity contribution is -0.156. The average Bonchev–Trinajstić information content (AvgIpc) is 2.81. The van der Waals surface area contributed by atoms with Crippen molar-refractivity contribution >= 4 is 16.1 Å². The van der Waals surface area contributed by atoms with E-state index >= 15 is 0 Å². The molecule has 3 unspecified atom stereocenters. The van der Waals surface area contributed by atoms with Gasteiger partial charge in [0.1, 0.15) is 0 Å². The van der Waals surface area contributed by atoms with Gasteiger partial charge in [-0.1, -0.05) is 19.3 Å². The minimum atomic E-state index is -5.55. The van der Waals surface area contributed by atoms with Crippen molar-refractivity contribution in [2.24, 2.45) is 17.8 Å². The van der Waals surface area contributed by atoms with E-state index in [2.05, 4.69) is 4.74 Å². The minimum absolute atomic E-state index is 0.438. The van der Waals surface area contributed by atoms with Crippen molar-refractivity contribution in [2.45, 2.75) is 43.8 Å². The fourth-order valence-corrected chi connectivity index (χ4v) is 3.47. The lowest BCUT2D eigenvalue weighted by atomic mass is 9.76. The van der Waals surface area contributed by atoms with Crippen LogP contribution in [-0.4, -0.2) is 30.8 Å². The first-order valence-corrected chi connectivity index (χ1v) is 8.16. The molecule has 0 radical (unpaired) electrons. The molecule has 0 heterocycles. The van der Waals surface area contributed by atoms with Gasteiger partial charge in [-0.2, -0.15) is 17.2 Å². The minimum Gasteiger partial charge on any atom is -0.458 e. The van der Waals surface area contributed by atoms with Crippen molar-refractivity contribution in [3.63, 3.8) is 0 Å². The topological polar surface area (TPSA) is 80.7 Å². The van der Waals surface area contributed by atoms with Gasteiger partial charge in [-0.15, -0.1) is 0 Å². The predicted octanol–water partition coefficient (Wildman–Crippen LogP) is 2.23. The first kappa shape index (κ1) is 15.6. The molecule has 2 aliphatic carbocycles. The quantitative estimate of drug-likeness (QED) is 0.636. The number of carbonyl (C=O) groups is 1. The molecular weight excluding hydrogens is 294 g/mol. The molecule has 2 fully saturated rings. The Morgan fingerprint density at radius 1 is 1.20 bits per heavy atom. The van der Waals surface area contributed by atoms with E-state index in [1.807, 2.05) is 0 Å². The van der Waals surface area contributed by atoms with Crippen molar-refractivity contribution in [1.82, 2.24) is 0 Å². The molecule has 2 aliphatic rings. The summed E-state index contributed by atoms with van der Waals surface area (Å²) in [5, 5.41) is -4.45. The molecule has 0 bridgehead atoms. The Morgan fingerprint density at radius 2 is 1.85 bits per heavy atom. The van der Waals surface area contributed by atoms with Crippen LogP contribution in [-0.2, 0) is 19.6 Å². The highest BCUT2D eigenvalue weighted by atomic mass is 32.2. The van der Waals surface area contributed by atoms with E-state index in [1.54, 1.807) is 0 Å². The van der Waals surface area contributed by atoms with Crippen LogP contribution in [0, 0.1) is 17.8 Å². The van der Waals surface area contributed by atoms with Gasteiger partial charge in [0.05, 0.1) is 5.92 Å². The van der Waals surface area contributed by atoms with Crippen LogP contribution in [0.4, 0.5) is 8.78 Å². The molecule has 0 aliphatic heterocycles. The SMILES string of the molecule is O=C(OCC(F)(F)S(=O)(=O)O)C1CCC2CCCC2C1. The smallest absolute Gasteiger partial charge is 0.402 e. The Morgan fingerprint density at radius 3 is 2.50 bits per heavy atom. The van der Waals surface area contributed by atoms with E-state index in [1.165, 1.54) is 0 Å². The van der Waals surface area contributed by atoms with Crippen LogP contribution >= 0.6 is 0 Å². The zero-order chi connectivity index (χ0) is 15.0. The number of fused-ring (bicyclic) bond motifs is 1. The highest BCUT2D eigenvalue weighted by Gasteiger charge is 2.46. The Labute approximate surface area is 116 Å². The van der Waals surface area contributed by atoms with Gasteiger partial charge in [-0.3, -0.25) is 9.35 Å². The van der Waals surface area contributed by atoms with Gasteiger partial charge < -0.3 is 4.74 Å². The summed E-state index contributed by atoms with van der Waals surface area (Å²) in [4.78, 5) is 11.7. The summed E-state index contributed by atoms with van der Waals surface area (Å²) >= 11 is 0. The van der Waals surface area contributed by atoms with Gasteiger partial charge in [0.25, 0.3) is 0 Å². The maximum Gasteiger partial charge on any atom is 0.402 e. The number of alkyl halides is 2. The van der Waals surface area contributed by atoms with Crippen molar-refractivity contribution in [2.75, 3.05) is 6.61 Å². The van der Waals surface area contributed by atoms with E-state index in [4.69, 9.17) is 4.55 Å². The van der Waals surface area contributed by atoms with Crippen LogP contribution in [0.1, 0.15) is 38.5 Å². The molecule has 2 rings (SSSR count). The summed E-state index contributed by atoms with van der Waals surface area (Å²) in [5.41, 5.74) is 0. The number of halogens is 2. The third kappa shape index (κ3) is 3.28. The molecule has 0 amide bonds. The van der Waals surface area contributed by atoms with Gasteiger partial charge in [-0.05, 0) is 31.1 Å². The zero-order valence-electron chi connectivity index (χ0n) is 10.9. The second kappa shape index (κ2) is 5.55. The summed E-state index contributed by atoms with van der Waals surface area (Å²) in [5.74, 6) is -0.160. The van der Waals surface area contributed by atoms with Crippen LogP contribution in [0.25, 0.3) is 0 Å². The molecule has 0 aromatic carbocycles. The fraction of sp³-hybridized carbons (Fsp3) is 0.917. The van der Waals surface area contributed by atoms with Crippen molar-refractivity contribution in [3.05, 3.63) is 0 Å². The molecule has 2 saturated carbocycles. The van der Waals surface area contributed by atoms with Gasteiger partial charge in [0, 0.05) is 0 Å². The van der Waals surface area contributed by atoms with Gasteiger partial charge in [0.15, 0.2) is 6.61 Å². The van der Waals surface area contributed by atoms with E-state index in [0.29, 0.717) is 24.7 Å². The van der Waals surface area contributed by atoms with Crippen molar-refractivity contribution in [1.29, 1.82) is 0 Å². The largest absolute Gasteiger partial charge is 0.458 e. The molecule has 0 aromatic rings. The fourth-order valence-electron chi connectivity index (χ4n) is 3.26. The van der Waals surface area contributed by atoms with Gasteiger partial charge >= 0.3 is 21.3 Å². The number of hydrogen-bond acceptors (Lipinski definition) is 4. The molecule has 116 valence electrons. The van der Waals surface area contributed by atoms with Crippen molar-refractivity contribution < 1.29 is 31.3 Å². The first-order chi connectivity index (χ1) is 9.21.